The Morgan fingerprint density at radius 3 is 2.64 bits per heavy atom. The third kappa shape index (κ3) is 1.65. The molecule has 0 unspecified atom stereocenters. The van der Waals surface area contributed by atoms with Crippen LogP contribution in [0.25, 0.3) is 0 Å². The highest BCUT2D eigenvalue weighted by Crippen LogP contribution is 2.48. The Labute approximate surface area is 96.8 Å². The fourth-order valence-electron chi connectivity index (χ4n) is 1.41. The van der Waals surface area contributed by atoms with Crippen LogP contribution in [-0.4, -0.2) is 16.3 Å². The van der Waals surface area contributed by atoms with Crippen molar-refractivity contribution in [2.45, 2.75) is 16.3 Å². The lowest BCUT2D eigenvalue weighted by Crippen LogP contribution is -2.15. The van der Waals surface area contributed by atoms with Crippen molar-refractivity contribution in [3.05, 3.63) is 29.8 Å². The van der Waals surface area contributed by atoms with Crippen molar-refractivity contribution in [1.29, 1.82) is 0 Å². The lowest BCUT2D eigenvalue weighted by atomic mass is 10.1. The molecule has 2 nitrogen and oxygen atoms in total. The highest BCUT2D eigenvalue weighted by molar-refractivity contribution is 14.1. The number of para-hydroxylation sites is 1. The molecule has 0 aromatic heterocycles. The van der Waals surface area contributed by atoms with Crippen LogP contribution in [0.4, 0.5) is 0 Å². The van der Waals surface area contributed by atoms with E-state index >= 15 is 0 Å². The highest BCUT2D eigenvalue weighted by Gasteiger charge is 2.48. The quantitative estimate of drug-likeness (QED) is 0.487. The summed E-state index contributed by atoms with van der Waals surface area (Å²) in [6.45, 7) is 0. The first-order chi connectivity index (χ1) is 6.67. The van der Waals surface area contributed by atoms with E-state index in [4.69, 9.17) is 4.74 Å². The number of carbonyl (C=O) groups is 1. The van der Waals surface area contributed by atoms with Gasteiger partial charge in [-0.05, 0) is 25.0 Å². The van der Waals surface area contributed by atoms with Gasteiger partial charge in [-0.25, -0.2) is 0 Å². The number of halogens is 1. The molecule has 0 saturated heterocycles. The molecular weight excluding hydrogens is 291 g/mol. The van der Waals surface area contributed by atoms with E-state index in [1.54, 1.807) is 7.11 Å². The highest BCUT2D eigenvalue weighted by atomic mass is 127. The van der Waals surface area contributed by atoms with Gasteiger partial charge in [-0.1, -0.05) is 34.7 Å². The summed E-state index contributed by atoms with van der Waals surface area (Å²) >= 11 is 2.25. The molecule has 14 heavy (non-hydrogen) atoms. The zero-order valence-corrected chi connectivity index (χ0v) is 10.1. The number of ketones is 1. The number of hydrogen-bond donors (Lipinski definition) is 0. The maximum Gasteiger partial charge on any atom is 0.182 e. The molecule has 0 spiro atoms. The van der Waals surface area contributed by atoms with Gasteiger partial charge < -0.3 is 4.74 Å². The lowest BCUT2D eigenvalue weighted by molar-refractivity contribution is 0.0984. The summed E-state index contributed by atoms with van der Waals surface area (Å²) < 4.78 is 5.02. The number of benzene rings is 1. The van der Waals surface area contributed by atoms with Gasteiger partial charge in [-0.3, -0.25) is 4.79 Å². The third-order valence-corrected chi connectivity index (χ3v) is 4.02. The summed E-state index contributed by atoms with van der Waals surface area (Å²) in [6.07, 6.45) is 1.98. The molecule has 1 aromatic rings. The Balaban J connectivity index is 2.35. The predicted molar refractivity (Wildman–Crippen MR) is 63.3 cm³/mol. The summed E-state index contributed by atoms with van der Waals surface area (Å²) in [7, 11) is 1.60. The van der Waals surface area contributed by atoms with Crippen molar-refractivity contribution in [2.75, 3.05) is 7.11 Å². The molecule has 0 radical (unpaired) electrons. The zero-order valence-electron chi connectivity index (χ0n) is 7.92. The van der Waals surface area contributed by atoms with E-state index in [9.17, 15) is 4.79 Å². The summed E-state index contributed by atoms with van der Waals surface area (Å²) in [5.74, 6) is 0.885. The van der Waals surface area contributed by atoms with Gasteiger partial charge in [0.05, 0.1) is 16.1 Å². The Morgan fingerprint density at radius 1 is 1.43 bits per heavy atom. The van der Waals surface area contributed by atoms with Gasteiger partial charge in [0.2, 0.25) is 0 Å². The van der Waals surface area contributed by atoms with Crippen molar-refractivity contribution >= 4 is 28.4 Å². The van der Waals surface area contributed by atoms with Crippen LogP contribution < -0.4 is 4.74 Å². The van der Waals surface area contributed by atoms with Gasteiger partial charge >= 0.3 is 0 Å². The number of hydrogen-bond acceptors (Lipinski definition) is 2. The minimum absolute atomic E-state index is 0.146. The Bertz CT molecular complexity index is 369. The van der Waals surface area contributed by atoms with E-state index in [2.05, 4.69) is 22.6 Å². The predicted octanol–water partition coefficient (Wildman–Crippen LogP) is 2.85. The van der Waals surface area contributed by atoms with Crippen molar-refractivity contribution in [2.24, 2.45) is 0 Å². The molecule has 0 amide bonds. The van der Waals surface area contributed by atoms with Crippen molar-refractivity contribution in [1.82, 2.24) is 0 Å². The van der Waals surface area contributed by atoms with Crippen LogP contribution >= 0.6 is 22.6 Å². The average Bonchev–Trinajstić information content (AvgIpc) is 2.97. The van der Waals surface area contributed by atoms with E-state index in [-0.39, 0.29) is 9.20 Å². The summed E-state index contributed by atoms with van der Waals surface area (Å²) in [4.78, 5) is 12.0. The summed E-state index contributed by atoms with van der Waals surface area (Å²) in [5.41, 5.74) is 0.710. The van der Waals surface area contributed by atoms with Crippen LogP contribution in [0.1, 0.15) is 23.2 Å². The minimum Gasteiger partial charge on any atom is -0.496 e. The summed E-state index contributed by atoms with van der Waals surface area (Å²) in [6, 6.07) is 7.41. The molecule has 1 fully saturated rings. The molecule has 3 heteroatoms. The van der Waals surface area contributed by atoms with E-state index in [0.29, 0.717) is 11.3 Å². The molecule has 74 valence electrons. The largest absolute Gasteiger partial charge is 0.496 e. The van der Waals surface area contributed by atoms with Gasteiger partial charge in [0.15, 0.2) is 5.78 Å². The first kappa shape index (κ1) is 9.96. The van der Waals surface area contributed by atoms with Crippen molar-refractivity contribution in [3.8, 4) is 5.75 Å². The smallest absolute Gasteiger partial charge is 0.182 e. The third-order valence-electron chi connectivity index (χ3n) is 2.45. The number of ether oxygens (including phenoxy) is 1. The van der Waals surface area contributed by atoms with Gasteiger partial charge in [0.25, 0.3) is 0 Å². The Kier molecular flexibility index (Phi) is 2.51. The molecule has 1 aromatic carbocycles. The summed E-state index contributed by atoms with van der Waals surface area (Å²) in [5, 5.41) is 0. The van der Waals surface area contributed by atoms with E-state index in [1.807, 2.05) is 24.3 Å². The molecule has 1 saturated carbocycles. The molecule has 0 bridgehead atoms. The van der Waals surface area contributed by atoms with E-state index < -0.39 is 0 Å². The Morgan fingerprint density at radius 2 is 2.07 bits per heavy atom. The van der Waals surface area contributed by atoms with E-state index in [1.165, 1.54) is 0 Å². The van der Waals surface area contributed by atoms with Crippen molar-refractivity contribution in [3.63, 3.8) is 0 Å². The van der Waals surface area contributed by atoms with Crippen LogP contribution in [-0.2, 0) is 0 Å². The van der Waals surface area contributed by atoms with Gasteiger partial charge in [0.1, 0.15) is 5.75 Å². The molecule has 1 aliphatic carbocycles. The molecule has 2 rings (SSSR count). The van der Waals surface area contributed by atoms with Crippen LogP contribution in [0.15, 0.2) is 24.3 Å². The normalized spacial score (nSPS) is 17.6. The number of Topliss-reactive ketones (excluding diaryl/α,β-unsaturated/α-hetero) is 1. The second-order valence-electron chi connectivity index (χ2n) is 3.49. The standard InChI is InChI=1S/C11H11IO2/c1-14-9-5-3-2-4-8(9)10(13)11(12)6-7-11/h2-5H,6-7H2,1H3. The van der Waals surface area contributed by atoms with Crippen LogP contribution in [0.2, 0.25) is 0 Å². The first-order valence-electron chi connectivity index (χ1n) is 4.54. The fourth-order valence-corrected chi connectivity index (χ4v) is 1.97. The van der Waals surface area contributed by atoms with Gasteiger partial charge in [-0.2, -0.15) is 0 Å². The van der Waals surface area contributed by atoms with Crippen LogP contribution in [0.3, 0.4) is 0 Å². The first-order valence-corrected chi connectivity index (χ1v) is 5.62. The second-order valence-corrected chi connectivity index (χ2v) is 5.56. The topological polar surface area (TPSA) is 26.3 Å². The van der Waals surface area contributed by atoms with Crippen LogP contribution in [0, 0.1) is 0 Å². The van der Waals surface area contributed by atoms with Gasteiger partial charge in [-0.15, -0.1) is 0 Å². The van der Waals surface area contributed by atoms with Crippen molar-refractivity contribution < 1.29 is 9.53 Å². The average molecular weight is 302 g/mol. The molecular formula is C11H11IO2. The van der Waals surface area contributed by atoms with E-state index in [0.717, 1.165) is 12.8 Å². The minimum atomic E-state index is -0.146. The van der Waals surface area contributed by atoms with Crippen LogP contribution in [0.5, 0.6) is 5.75 Å². The second kappa shape index (κ2) is 3.53. The zero-order chi connectivity index (χ0) is 10.2. The lowest BCUT2D eigenvalue weighted by Gasteiger charge is -2.09. The number of carbonyl (C=O) groups excluding carboxylic acids is 1. The number of methoxy groups -OCH3 is 1. The SMILES string of the molecule is COc1ccccc1C(=O)C1(I)CC1. The molecule has 0 aliphatic heterocycles. The molecule has 0 N–H and O–H groups in total. The maximum absolute atomic E-state index is 12.0. The monoisotopic (exact) mass is 302 g/mol. The Hall–Kier alpha value is -0.580. The number of rotatable bonds is 3. The molecule has 0 heterocycles. The van der Waals surface area contributed by atoms with Gasteiger partial charge in [0, 0.05) is 0 Å². The molecule has 1 aliphatic rings. The fraction of sp³-hybridized carbons (Fsp3) is 0.364. The maximum atomic E-state index is 12.0. The molecule has 0 atom stereocenters. The number of alkyl halides is 1.